The molecule has 1 heterocycles. The number of benzene rings is 1. The van der Waals surface area contributed by atoms with E-state index in [1.807, 2.05) is 0 Å². The second-order valence-corrected chi connectivity index (χ2v) is 5.88. The second kappa shape index (κ2) is 5.02. The lowest BCUT2D eigenvalue weighted by Gasteiger charge is -2.42. The van der Waals surface area contributed by atoms with E-state index in [1.54, 1.807) is 0 Å². The predicted octanol–water partition coefficient (Wildman–Crippen LogP) is 2.66. The van der Waals surface area contributed by atoms with Crippen LogP contribution in [0.25, 0.3) is 0 Å². The van der Waals surface area contributed by atoms with Crippen molar-refractivity contribution in [2.45, 2.75) is 44.1 Å². The van der Waals surface area contributed by atoms with Crippen LogP contribution in [0.2, 0.25) is 0 Å². The maximum Gasteiger partial charge on any atom is 0.0598 e. The first-order valence-corrected chi connectivity index (χ1v) is 7.23. The molecule has 0 unspecified atom stereocenters. The van der Waals surface area contributed by atoms with Crippen molar-refractivity contribution in [3.05, 3.63) is 35.4 Å². The van der Waals surface area contributed by atoms with Gasteiger partial charge < -0.3 is 10.1 Å². The van der Waals surface area contributed by atoms with Gasteiger partial charge >= 0.3 is 0 Å². The zero-order chi connectivity index (χ0) is 12.4. The van der Waals surface area contributed by atoms with Crippen molar-refractivity contribution in [1.29, 1.82) is 0 Å². The Hall–Kier alpha value is -0.860. The lowest BCUT2D eigenvalue weighted by Crippen LogP contribution is -2.53. The second-order valence-electron chi connectivity index (χ2n) is 5.88. The van der Waals surface area contributed by atoms with Crippen molar-refractivity contribution in [3.63, 3.8) is 0 Å². The maximum atomic E-state index is 5.48. The zero-order valence-electron chi connectivity index (χ0n) is 11.2. The molecule has 18 heavy (non-hydrogen) atoms. The van der Waals surface area contributed by atoms with Crippen LogP contribution >= 0.6 is 0 Å². The molecule has 0 radical (unpaired) electrons. The molecule has 0 bridgehead atoms. The highest BCUT2D eigenvalue weighted by Crippen LogP contribution is 2.33. The van der Waals surface area contributed by atoms with Crippen LogP contribution in [0, 0.1) is 0 Å². The predicted molar refractivity (Wildman–Crippen MR) is 74.0 cm³/mol. The number of nitrogens with one attached hydrogen (secondary N) is 1. The van der Waals surface area contributed by atoms with Crippen LogP contribution in [0.5, 0.6) is 0 Å². The highest BCUT2D eigenvalue weighted by Gasteiger charge is 2.41. The average molecular weight is 245 g/mol. The van der Waals surface area contributed by atoms with Gasteiger partial charge in [0.05, 0.1) is 18.6 Å². The van der Waals surface area contributed by atoms with E-state index in [9.17, 15) is 0 Å². The summed E-state index contributed by atoms with van der Waals surface area (Å²) >= 11 is 0. The summed E-state index contributed by atoms with van der Waals surface area (Å²) in [7, 11) is 0. The molecular weight excluding hydrogens is 222 g/mol. The van der Waals surface area contributed by atoms with Crippen LogP contribution in [0.3, 0.4) is 0 Å². The van der Waals surface area contributed by atoms with Gasteiger partial charge in [-0.1, -0.05) is 37.6 Å². The molecular formula is C16H23NO. The third-order valence-corrected chi connectivity index (χ3v) is 4.17. The molecule has 3 rings (SSSR count). The van der Waals surface area contributed by atoms with Gasteiger partial charge in [0, 0.05) is 12.6 Å². The monoisotopic (exact) mass is 245 g/mol. The SMILES string of the molecule is CCCc1ccc(C2(CNC3CC3)COC2)cc1. The first-order valence-electron chi connectivity index (χ1n) is 7.23. The number of hydrogen-bond acceptors (Lipinski definition) is 2. The van der Waals surface area contributed by atoms with Gasteiger partial charge in [-0.05, 0) is 30.4 Å². The summed E-state index contributed by atoms with van der Waals surface area (Å²) in [6.07, 6.45) is 5.11. The zero-order valence-corrected chi connectivity index (χ0v) is 11.2. The van der Waals surface area contributed by atoms with Gasteiger partial charge in [-0.15, -0.1) is 0 Å². The highest BCUT2D eigenvalue weighted by atomic mass is 16.5. The van der Waals surface area contributed by atoms with Crippen molar-refractivity contribution >= 4 is 0 Å². The summed E-state index contributed by atoms with van der Waals surface area (Å²) in [6.45, 7) is 5.05. The summed E-state index contributed by atoms with van der Waals surface area (Å²) in [6, 6.07) is 9.97. The van der Waals surface area contributed by atoms with Gasteiger partial charge in [0.15, 0.2) is 0 Å². The number of hydrogen-bond donors (Lipinski definition) is 1. The summed E-state index contributed by atoms with van der Waals surface area (Å²) in [5.41, 5.74) is 3.14. The lowest BCUT2D eigenvalue weighted by molar-refractivity contribution is -0.0591. The third-order valence-electron chi connectivity index (χ3n) is 4.17. The van der Waals surface area contributed by atoms with E-state index in [0.29, 0.717) is 0 Å². The summed E-state index contributed by atoms with van der Waals surface area (Å²) < 4.78 is 5.48. The van der Waals surface area contributed by atoms with Crippen molar-refractivity contribution < 1.29 is 4.74 Å². The van der Waals surface area contributed by atoms with Crippen molar-refractivity contribution in [3.8, 4) is 0 Å². The Labute approximate surface area is 110 Å². The molecule has 0 spiro atoms. The lowest BCUT2D eigenvalue weighted by atomic mass is 9.78. The van der Waals surface area contributed by atoms with Crippen LogP contribution in [-0.2, 0) is 16.6 Å². The smallest absolute Gasteiger partial charge is 0.0598 e. The number of rotatable bonds is 6. The van der Waals surface area contributed by atoms with E-state index in [0.717, 1.165) is 25.8 Å². The van der Waals surface area contributed by atoms with Gasteiger partial charge in [-0.2, -0.15) is 0 Å². The fourth-order valence-electron chi connectivity index (χ4n) is 2.66. The van der Waals surface area contributed by atoms with E-state index < -0.39 is 0 Å². The maximum absolute atomic E-state index is 5.48. The van der Waals surface area contributed by atoms with Crippen molar-refractivity contribution in [1.82, 2.24) is 5.32 Å². The van der Waals surface area contributed by atoms with Crippen LogP contribution in [0.15, 0.2) is 24.3 Å². The standard InChI is InChI=1S/C16H23NO/c1-2-3-13-4-6-14(7-5-13)16(11-18-12-16)10-17-15-8-9-15/h4-7,15,17H,2-3,8-12H2,1H3. The van der Waals surface area contributed by atoms with Gasteiger partial charge in [-0.25, -0.2) is 0 Å². The van der Waals surface area contributed by atoms with Gasteiger partial charge in [-0.3, -0.25) is 0 Å². The Morgan fingerprint density at radius 3 is 2.44 bits per heavy atom. The Balaban J connectivity index is 1.69. The largest absolute Gasteiger partial charge is 0.379 e. The molecule has 0 atom stereocenters. The van der Waals surface area contributed by atoms with Crippen LogP contribution in [0.4, 0.5) is 0 Å². The molecule has 0 amide bonds. The van der Waals surface area contributed by atoms with E-state index in [4.69, 9.17) is 4.74 Å². The Kier molecular flexibility index (Phi) is 3.40. The molecule has 2 nitrogen and oxygen atoms in total. The molecule has 1 saturated carbocycles. The fourth-order valence-corrected chi connectivity index (χ4v) is 2.66. The van der Waals surface area contributed by atoms with E-state index in [-0.39, 0.29) is 5.41 Å². The minimum atomic E-state index is 0.243. The molecule has 2 fully saturated rings. The van der Waals surface area contributed by atoms with Crippen LogP contribution in [-0.4, -0.2) is 25.8 Å². The summed E-state index contributed by atoms with van der Waals surface area (Å²) in [4.78, 5) is 0. The number of aryl methyl sites for hydroxylation is 1. The minimum Gasteiger partial charge on any atom is -0.379 e. The van der Waals surface area contributed by atoms with E-state index >= 15 is 0 Å². The topological polar surface area (TPSA) is 21.3 Å². The average Bonchev–Trinajstić information content (AvgIpc) is 3.14. The normalized spacial score (nSPS) is 21.6. The van der Waals surface area contributed by atoms with Crippen LogP contribution in [0.1, 0.15) is 37.3 Å². The molecule has 1 aromatic carbocycles. The van der Waals surface area contributed by atoms with Crippen LogP contribution < -0.4 is 5.32 Å². The fraction of sp³-hybridized carbons (Fsp3) is 0.625. The summed E-state index contributed by atoms with van der Waals surface area (Å²) in [5, 5.41) is 3.66. The first-order chi connectivity index (χ1) is 8.82. The summed E-state index contributed by atoms with van der Waals surface area (Å²) in [5.74, 6) is 0. The van der Waals surface area contributed by atoms with Gasteiger partial charge in [0.2, 0.25) is 0 Å². The van der Waals surface area contributed by atoms with E-state index in [2.05, 4.69) is 36.5 Å². The Bertz CT molecular complexity index is 390. The molecule has 1 aliphatic heterocycles. The van der Waals surface area contributed by atoms with Gasteiger partial charge in [0.25, 0.3) is 0 Å². The number of ether oxygens (including phenoxy) is 1. The quantitative estimate of drug-likeness (QED) is 0.832. The molecule has 1 saturated heterocycles. The molecule has 0 aromatic heterocycles. The first kappa shape index (κ1) is 12.2. The highest BCUT2D eigenvalue weighted by molar-refractivity contribution is 5.32. The molecule has 2 aliphatic rings. The molecule has 1 N–H and O–H groups in total. The van der Waals surface area contributed by atoms with Crippen molar-refractivity contribution in [2.24, 2.45) is 0 Å². The molecule has 98 valence electrons. The molecule has 1 aliphatic carbocycles. The minimum absolute atomic E-state index is 0.243. The molecule has 1 aromatic rings. The molecule has 2 heteroatoms. The van der Waals surface area contributed by atoms with E-state index in [1.165, 1.54) is 36.8 Å². The van der Waals surface area contributed by atoms with Crippen molar-refractivity contribution in [2.75, 3.05) is 19.8 Å². The van der Waals surface area contributed by atoms with Gasteiger partial charge in [0.1, 0.15) is 0 Å². The Morgan fingerprint density at radius 1 is 1.22 bits per heavy atom. The third kappa shape index (κ3) is 2.45. The Morgan fingerprint density at radius 2 is 1.94 bits per heavy atom.